The maximum absolute atomic E-state index is 12.1. The summed E-state index contributed by atoms with van der Waals surface area (Å²) in [6.07, 6.45) is 0.413. The summed E-state index contributed by atoms with van der Waals surface area (Å²) in [6, 6.07) is 7.63. The highest BCUT2D eigenvalue weighted by molar-refractivity contribution is 5.76. The van der Waals surface area contributed by atoms with Crippen molar-refractivity contribution in [2.75, 3.05) is 33.4 Å². The number of carbonyl (C=O) groups excluding carboxylic acids is 1. The summed E-state index contributed by atoms with van der Waals surface area (Å²) >= 11 is 0. The predicted octanol–water partition coefficient (Wildman–Crippen LogP) is 1.28. The molecule has 110 valence electrons. The molecule has 0 bridgehead atoms. The number of ether oxygens (including phenoxy) is 2. The average Bonchev–Trinajstić information content (AvgIpc) is 2.48. The minimum atomic E-state index is 0.160. The fourth-order valence-electron chi connectivity index (χ4n) is 2.28. The summed E-state index contributed by atoms with van der Waals surface area (Å²) in [5.74, 6) is 1.71. The molecule has 1 N–H and O–H groups in total. The second-order valence-corrected chi connectivity index (χ2v) is 4.91. The molecule has 5 nitrogen and oxygen atoms in total. The van der Waals surface area contributed by atoms with Gasteiger partial charge in [0, 0.05) is 25.7 Å². The van der Waals surface area contributed by atoms with Crippen molar-refractivity contribution >= 4 is 5.91 Å². The maximum Gasteiger partial charge on any atom is 0.226 e. The lowest BCUT2D eigenvalue weighted by molar-refractivity contribution is -0.134. The quantitative estimate of drug-likeness (QED) is 0.881. The molecule has 1 fully saturated rings. The monoisotopic (exact) mass is 278 g/mol. The summed E-state index contributed by atoms with van der Waals surface area (Å²) in [4.78, 5) is 14.0. The van der Waals surface area contributed by atoms with Gasteiger partial charge in [0.05, 0.1) is 20.1 Å². The highest BCUT2D eigenvalue weighted by Gasteiger charge is 2.22. The van der Waals surface area contributed by atoms with Gasteiger partial charge in [-0.25, -0.2) is 0 Å². The van der Waals surface area contributed by atoms with Crippen LogP contribution in [0.25, 0.3) is 0 Å². The molecule has 0 saturated carbocycles. The van der Waals surface area contributed by atoms with E-state index >= 15 is 0 Å². The molecule has 0 aliphatic carbocycles. The summed E-state index contributed by atoms with van der Waals surface area (Å²) < 4.78 is 10.7. The number of nitrogens with zero attached hydrogens (tertiary/aromatic N) is 1. The standard InChI is InChI=1S/C15H22N2O3/c1-12-11-16-8-9-17(12)15(18)7-10-20-14-5-3-13(19-2)4-6-14/h3-6,12,16H,7-11H2,1-2H3/t12-/m0/s1. The molecule has 1 saturated heterocycles. The number of nitrogens with one attached hydrogen (secondary N) is 1. The third-order valence-corrected chi connectivity index (χ3v) is 3.47. The van der Waals surface area contributed by atoms with E-state index in [0.29, 0.717) is 13.0 Å². The van der Waals surface area contributed by atoms with Crippen molar-refractivity contribution in [1.29, 1.82) is 0 Å². The SMILES string of the molecule is COc1ccc(OCCC(=O)N2CCNC[C@@H]2C)cc1. The molecule has 0 radical (unpaired) electrons. The first-order valence-electron chi connectivity index (χ1n) is 6.97. The van der Waals surface area contributed by atoms with E-state index in [1.54, 1.807) is 7.11 Å². The Balaban J connectivity index is 1.75. The van der Waals surface area contributed by atoms with Crippen LogP contribution in [0.4, 0.5) is 0 Å². The van der Waals surface area contributed by atoms with Gasteiger partial charge in [-0.3, -0.25) is 4.79 Å². The smallest absolute Gasteiger partial charge is 0.226 e. The number of rotatable bonds is 5. The highest BCUT2D eigenvalue weighted by Crippen LogP contribution is 2.17. The number of amides is 1. The Morgan fingerprint density at radius 3 is 2.70 bits per heavy atom. The highest BCUT2D eigenvalue weighted by atomic mass is 16.5. The van der Waals surface area contributed by atoms with Crippen LogP contribution in [0.5, 0.6) is 11.5 Å². The molecule has 0 spiro atoms. The number of hydrogen-bond acceptors (Lipinski definition) is 4. The minimum absolute atomic E-state index is 0.160. The molecule has 1 aromatic rings. The normalized spacial score (nSPS) is 18.7. The van der Waals surface area contributed by atoms with Gasteiger partial charge in [0.15, 0.2) is 0 Å². The second-order valence-electron chi connectivity index (χ2n) is 4.91. The lowest BCUT2D eigenvalue weighted by atomic mass is 10.2. The third-order valence-electron chi connectivity index (χ3n) is 3.47. The Morgan fingerprint density at radius 1 is 1.35 bits per heavy atom. The molecule has 20 heavy (non-hydrogen) atoms. The summed E-state index contributed by atoms with van der Waals surface area (Å²) in [6.45, 7) is 4.99. The lowest BCUT2D eigenvalue weighted by Crippen LogP contribution is -2.52. The zero-order valence-corrected chi connectivity index (χ0v) is 12.1. The lowest BCUT2D eigenvalue weighted by Gasteiger charge is -2.34. The fraction of sp³-hybridized carbons (Fsp3) is 0.533. The van der Waals surface area contributed by atoms with Crippen LogP contribution in [-0.2, 0) is 4.79 Å². The van der Waals surface area contributed by atoms with Crippen molar-refractivity contribution in [3.63, 3.8) is 0 Å². The minimum Gasteiger partial charge on any atom is -0.497 e. The van der Waals surface area contributed by atoms with E-state index in [0.717, 1.165) is 31.1 Å². The molecular weight excluding hydrogens is 256 g/mol. The molecule has 1 amide bonds. The molecule has 1 atom stereocenters. The van der Waals surface area contributed by atoms with Crippen LogP contribution >= 0.6 is 0 Å². The molecule has 1 aromatic carbocycles. The maximum atomic E-state index is 12.1. The van der Waals surface area contributed by atoms with Crippen molar-refractivity contribution in [1.82, 2.24) is 10.2 Å². The summed E-state index contributed by atoms with van der Waals surface area (Å²) in [5, 5.41) is 3.28. The van der Waals surface area contributed by atoms with Crippen LogP contribution in [-0.4, -0.2) is 50.2 Å². The van der Waals surface area contributed by atoms with Gasteiger partial charge in [-0.2, -0.15) is 0 Å². The van der Waals surface area contributed by atoms with Crippen molar-refractivity contribution in [3.8, 4) is 11.5 Å². The number of methoxy groups -OCH3 is 1. The van der Waals surface area contributed by atoms with Crippen molar-refractivity contribution in [2.45, 2.75) is 19.4 Å². The van der Waals surface area contributed by atoms with E-state index in [1.807, 2.05) is 29.2 Å². The van der Waals surface area contributed by atoms with E-state index in [1.165, 1.54) is 0 Å². The van der Waals surface area contributed by atoms with Gasteiger partial charge in [-0.05, 0) is 31.2 Å². The van der Waals surface area contributed by atoms with Gasteiger partial charge in [0.25, 0.3) is 0 Å². The van der Waals surface area contributed by atoms with Crippen LogP contribution < -0.4 is 14.8 Å². The first kappa shape index (κ1) is 14.7. The van der Waals surface area contributed by atoms with Crippen LogP contribution in [0.15, 0.2) is 24.3 Å². The fourth-order valence-corrected chi connectivity index (χ4v) is 2.28. The summed E-state index contributed by atoms with van der Waals surface area (Å²) in [5.41, 5.74) is 0. The Bertz CT molecular complexity index is 433. The van der Waals surface area contributed by atoms with Gasteiger partial charge in [-0.1, -0.05) is 0 Å². The number of benzene rings is 1. The van der Waals surface area contributed by atoms with Crippen LogP contribution in [0.3, 0.4) is 0 Å². The first-order valence-corrected chi connectivity index (χ1v) is 6.97. The van der Waals surface area contributed by atoms with E-state index in [2.05, 4.69) is 12.2 Å². The van der Waals surface area contributed by atoms with E-state index < -0.39 is 0 Å². The third kappa shape index (κ3) is 3.87. The Labute approximate surface area is 119 Å². The predicted molar refractivity (Wildman–Crippen MR) is 77.2 cm³/mol. The molecule has 0 aromatic heterocycles. The largest absolute Gasteiger partial charge is 0.497 e. The first-order chi connectivity index (χ1) is 9.70. The second kappa shape index (κ2) is 7.14. The van der Waals surface area contributed by atoms with Gasteiger partial charge >= 0.3 is 0 Å². The number of piperazine rings is 1. The van der Waals surface area contributed by atoms with Gasteiger partial charge in [0.2, 0.25) is 5.91 Å². The Hall–Kier alpha value is -1.75. The molecule has 1 aliphatic rings. The van der Waals surface area contributed by atoms with Crippen LogP contribution in [0.1, 0.15) is 13.3 Å². The number of hydrogen-bond donors (Lipinski definition) is 1. The van der Waals surface area contributed by atoms with Crippen molar-refractivity contribution in [2.24, 2.45) is 0 Å². The van der Waals surface area contributed by atoms with E-state index in [-0.39, 0.29) is 11.9 Å². The Morgan fingerprint density at radius 2 is 2.05 bits per heavy atom. The zero-order valence-electron chi connectivity index (χ0n) is 12.1. The molecule has 2 rings (SSSR count). The molecular formula is C15H22N2O3. The van der Waals surface area contributed by atoms with E-state index in [4.69, 9.17) is 9.47 Å². The number of carbonyl (C=O) groups is 1. The molecule has 5 heteroatoms. The Kier molecular flexibility index (Phi) is 5.24. The topological polar surface area (TPSA) is 50.8 Å². The van der Waals surface area contributed by atoms with Gasteiger partial charge < -0.3 is 19.7 Å². The van der Waals surface area contributed by atoms with Crippen molar-refractivity contribution in [3.05, 3.63) is 24.3 Å². The summed E-state index contributed by atoms with van der Waals surface area (Å²) in [7, 11) is 1.63. The van der Waals surface area contributed by atoms with Crippen molar-refractivity contribution < 1.29 is 14.3 Å². The average molecular weight is 278 g/mol. The zero-order chi connectivity index (χ0) is 14.4. The van der Waals surface area contributed by atoms with E-state index in [9.17, 15) is 4.79 Å². The molecule has 1 aliphatic heterocycles. The van der Waals surface area contributed by atoms with Gasteiger partial charge in [0.1, 0.15) is 11.5 Å². The molecule has 0 unspecified atom stereocenters. The van der Waals surface area contributed by atoms with Gasteiger partial charge in [-0.15, -0.1) is 0 Å². The van der Waals surface area contributed by atoms with Crippen LogP contribution in [0.2, 0.25) is 0 Å². The van der Waals surface area contributed by atoms with Crippen LogP contribution in [0, 0.1) is 0 Å². The molecule has 1 heterocycles.